The van der Waals surface area contributed by atoms with Crippen LogP contribution in [0.3, 0.4) is 0 Å². The molecular formula is C26H30ClN3O. The maximum absolute atomic E-state index is 11.9. The molecule has 0 fully saturated rings. The lowest BCUT2D eigenvalue weighted by atomic mass is 9.87. The van der Waals surface area contributed by atoms with Gasteiger partial charge in [-0.15, -0.1) is 0 Å². The standard InChI is InChI=1S/C26H30ClN3O/c1-5-6-20(9-7-19-8-10-22(15-17(19)2)26(31)28-4)18(3)24-16-29-25(30-24)21-11-13-23(27)14-12-21/h8,10-16,20H,3,5-7,9H2,1-2,4H3,(H,28,31)(H,29,30). The molecule has 2 aromatic carbocycles. The quantitative estimate of drug-likeness (QED) is 0.405. The van der Waals surface area contributed by atoms with Crippen molar-refractivity contribution >= 4 is 23.1 Å². The summed E-state index contributed by atoms with van der Waals surface area (Å²) in [5.41, 5.74) is 6.19. The van der Waals surface area contributed by atoms with Gasteiger partial charge in [0, 0.05) is 23.2 Å². The lowest BCUT2D eigenvalue weighted by molar-refractivity contribution is 0.0963. The van der Waals surface area contributed by atoms with Crippen LogP contribution in [0.4, 0.5) is 0 Å². The van der Waals surface area contributed by atoms with E-state index in [9.17, 15) is 4.79 Å². The Morgan fingerprint density at radius 2 is 1.94 bits per heavy atom. The normalized spacial score (nSPS) is 11.9. The first-order valence-electron chi connectivity index (χ1n) is 10.7. The smallest absolute Gasteiger partial charge is 0.251 e. The van der Waals surface area contributed by atoms with Crippen LogP contribution in [0.2, 0.25) is 5.02 Å². The number of carbonyl (C=O) groups excluding carboxylic acids is 1. The molecule has 1 unspecified atom stereocenters. The van der Waals surface area contributed by atoms with E-state index in [0.29, 0.717) is 16.5 Å². The Morgan fingerprint density at radius 1 is 1.19 bits per heavy atom. The van der Waals surface area contributed by atoms with Gasteiger partial charge in [0.15, 0.2) is 0 Å². The highest BCUT2D eigenvalue weighted by molar-refractivity contribution is 6.30. The molecule has 0 bridgehead atoms. The minimum atomic E-state index is -0.0531. The number of nitrogens with one attached hydrogen (secondary N) is 2. The summed E-state index contributed by atoms with van der Waals surface area (Å²) in [7, 11) is 1.65. The third-order valence-electron chi connectivity index (χ3n) is 5.76. The van der Waals surface area contributed by atoms with E-state index in [-0.39, 0.29) is 5.91 Å². The van der Waals surface area contributed by atoms with Gasteiger partial charge in [-0.05, 0) is 85.2 Å². The molecule has 0 saturated heterocycles. The Bertz CT molecular complexity index is 1050. The molecular weight excluding hydrogens is 406 g/mol. The number of aryl methyl sites for hydroxylation is 2. The van der Waals surface area contributed by atoms with Gasteiger partial charge in [-0.2, -0.15) is 0 Å². The molecule has 0 aliphatic rings. The number of halogens is 1. The van der Waals surface area contributed by atoms with Crippen LogP contribution in [-0.4, -0.2) is 22.9 Å². The van der Waals surface area contributed by atoms with E-state index in [1.54, 1.807) is 7.05 Å². The van der Waals surface area contributed by atoms with E-state index in [1.807, 2.05) is 42.6 Å². The number of hydrogen-bond acceptors (Lipinski definition) is 2. The second kappa shape index (κ2) is 10.5. The SMILES string of the molecule is C=C(c1cnc(-c2ccc(Cl)cc2)[nH]1)C(CCC)CCc1ccc(C(=O)NC)cc1C. The first-order valence-corrected chi connectivity index (χ1v) is 11.1. The molecule has 0 saturated carbocycles. The van der Waals surface area contributed by atoms with Gasteiger partial charge in [0.05, 0.1) is 11.9 Å². The number of amides is 1. The first kappa shape index (κ1) is 22.8. The van der Waals surface area contributed by atoms with Crippen molar-refractivity contribution in [3.63, 3.8) is 0 Å². The zero-order chi connectivity index (χ0) is 22.4. The number of benzene rings is 2. The molecule has 4 nitrogen and oxygen atoms in total. The summed E-state index contributed by atoms with van der Waals surface area (Å²) in [4.78, 5) is 19.8. The molecule has 3 rings (SSSR count). The van der Waals surface area contributed by atoms with Crippen molar-refractivity contribution in [2.45, 2.75) is 39.5 Å². The molecule has 31 heavy (non-hydrogen) atoms. The Labute approximate surface area is 189 Å². The monoisotopic (exact) mass is 435 g/mol. The number of allylic oxidation sites excluding steroid dienone is 1. The topological polar surface area (TPSA) is 57.8 Å². The Hall–Kier alpha value is -2.85. The largest absolute Gasteiger partial charge is 0.355 e. The number of imidazole rings is 1. The third-order valence-corrected chi connectivity index (χ3v) is 6.02. The zero-order valence-electron chi connectivity index (χ0n) is 18.5. The fourth-order valence-electron chi connectivity index (χ4n) is 3.89. The minimum Gasteiger partial charge on any atom is -0.355 e. The van der Waals surface area contributed by atoms with Crippen molar-refractivity contribution < 1.29 is 4.79 Å². The van der Waals surface area contributed by atoms with Crippen LogP contribution >= 0.6 is 11.6 Å². The molecule has 0 spiro atoms. The van der Waals surface area contributed by atoms with Crippen LogP contribution < -0.4 is 5.32 Å². The maximum atomic E-state index is 11.9. The molecule has 0 aliphatic heterocycles. The first-order chi connectivity index (χ1) is 14.9. The van der Waals surface area contributed by atoms with Gasteiger partial charge in [0.1, 0.15) is 5.82 Å². The van der Waals surface area contributed by atoms with Crippen LogP contribution in [-0.2, 0) is 6.42 Å². The fourth-order valence-corrected chi connectivity index (χ4v) is 4.02. The number of hydrogen-bond donors (Lipinski definition) is 2. The van der Waals surface area contributed by atoms with Crippen molar-refractivity contribution in [1.82, 2.24) is 15.3 Å². The molecule has 2 N–H and O–H groups in total. The maximum Gasteiger partial charge on any atom is 0.251 e. The fraction of sp³-hybridized carbons (Fsp3) is 0.308. The summed E-state index contributed by atoms with van der Waals surface area (Å²) in [6, 6.07) is 13.6. The summed E-state index contributed by atoms with van der Waals surface area (Å²) in [5, 5.41) is 3.39. The summed E-state index contributed by atoms with van der Waals surface area (Å²) >= 11 is 5.99. The molecule has 1 amide bonds. The third kappa shape index (κ3) is 5.65. The van der Waals surface area contributed by atoms with Crippen LogP contribution in [0.15, 0.2) is 55.2 Å². The highest BCUT2D eigenvalue weighted by Gasteiger charge is 2.17. The predicted octanol–water partition coefficient (Wildman–Crippen LogP) is 6.46. The van der Waals surface area contributed by atoms with E-state index in [2.05, 4.69) is 41.8 Å². The summed E-state index contributed by atoms with van der Waals surface area (Å²) in [5.74, 6) is 1.13. The summed E-state index contributed by atoms with van der Waals surface area (Å²) < 4.78 is 0. The number of H-pyrrole nitrogens is 1. The van der Waals surface area contributed by atoms with Crippen LogP contribution in [0.1, 0.15) is 53.4 Å². The van der Waals surface area contributed by atoms with Gasteiger partial charge in [-0.25, -0.2) is 4.98 Å². The Morgan fingerprint density at radius 3 is 2.58 bits per heavy atom. The van der Waals surface area contributed by atoms with E-state index in [1.165, 1.54) is 5.56 Å². The van der Waals surface area contributed by atoms with Gasteiger partial charge in [-0.1, -0.05) is 37.6 Å². The number of nitrogens with zero attached hydrogens (tertiary/aromatic N) is 1. The summed E-state index contributed by atoms with van der Waals surface area (Å²) in [6.45, 7) is 8.68. The predicted molar refractivity (Wildman–Crippen MR) is 129 cm³/mol. The van der Waals surface area contributed by atoms with Gasteiger partial charge >= 0.3 is 0 Å². The Kier molecular flexibility index (Phi) is 7.69. The molecule has 1 aromatic heterocycles. The van der Waals surface area contributed by atoms with Crippen molar-refractivity contribution in [3.8, 4) is 11.4 Å². The van der Waals surface area contributed by atoms with Crippen molar-refractivity contribution in [2.24, 2.45) is 5.92 Å². The number of aromatic amines is 1. The lowest BCUT2D eigenvalue weighted by Gasteiger charge is -2.19. The van der Waals surface area contributed by atoms with E-state index >= 15 is 0 Å². The van der Waals surface area contributed by atoms with Crippen LogP contribution in [0.5, 0.6) is 0 Å². The number of aromatic nitrogens is 2. The summed E-state index contributed by atoms with van der Waals surface area (Å²) in [6.07, 6.45) is 5.99. The van der Waals surface area contributed by atoms with Gasteiger partial charge in [0.25, 0.3) is 5.91 Å². The Balaban J connectivity index is 1.71. The second-order valence-electron chi connectivity index (χ2n) is 7.92. The molecule has 5 heteroatoms. The molecule has 0 aliphatic carbocycles. The molecule has 162 valence electrons. The van der Waals surface area contributed by atoms with E-state index in [4.69, 9.17) is 11.6 Å². The molecule has 0 radical (unpaired) electrons. The van der Waals surface area contributed by atoms with Crippen LogP contribution in [0.25, 0.3) is 17.0 Å². The zero-order valence-corrected chi connectivity index (χ0v) is 19.2. The number of rotatable bonds is 9. The highest BCUT2D eigenvalue weighted by Crippen LogP contribution is 2.30. The van der Waals surface area contributed by atoms with Crippen LogP contribution in [0, 0.1) is 12.8 Å². The number of carbonyl (C=O) groups is 1. The minimum absolute atomic E-state index is 0.0531. The highest BCUT2D eigenvalue weighted by atomic mass is 35.5. The molecule has 3 aromatic rings. The van der Waals surface area contributed by atoms with Gasteiger partial charge in [0.2, 0.25) is 0 Å². The molecule has 1 heterocycles. The van der Waals surface area contributed by atoms with E-state index in [0.717, 1.165) is 53.9 Å². The van der Waals surface area contributed by atoms with Crippen molar-refractivity contribution in [1.29, 1.82) is 0 Å². The molecule has 1 atom stereocenters. The van der Waals surface area contributed by atoms with Crippen molar-refractivity contribution in [3.05, 3.63) is 82.6 Å². The van der Waals surface area contributed by atoms with Gasteiger partial charge < -0.3 is 10.3 Å². The van der Waals surface area contributed by atoms with E-state index < -0.39 is 0 Å². The second-order valence-corrected chi connectivity index (χ2v) is 8.36. The lowest BCUT2D eigenvalue weighted by Crippen LogP contribution is -2.18. The van der Waals surface area contributed by atoms with Crippen molar-refractivity contribution in [2.75, 3.05) is 7.05 Å². The average Bonchev–Trinajstić information content (AvgIpc) is 3.27. The van der Waals surface area contributed by atoms with Gasteiger partial charge in [-0.3, -0.25) is 4.79 Å². The average molecular weight is 436 g/mol.